The van der Waals surface area contributed by atoms with Crippen molar-refractivity contribution in [3.05, 3.63) is 89.1 Å². The average Bonchev–Trinajstić information content (AvgIpc) is 3.28. The molecule has 2 aromatic carbocycles. The summed E-state index contributed by atoms with van der Waals surface area (Å²) in [5.41, 5.74) is 2.23. The van der Waals surface area contributed by atoms with Gasteiger partial charge in [0.2, 0.25) is 0 Å². The van der Waals surface area contributed by atoms with Crippen molar-refractivity contribution in [2.45, 2.75) is 13.1 Å². The number of fused-ring (bicyclic) bond motifs is 1. The van der Waals surface area contributed by atoms with E-state index in [1.807, 2.05) is 72.7 Å². The van der Waals surface area contributed by atoms with Gasteiger partial charge >= 0.3 is 0 Å². The largest absolute Gasteiger partial charge is 0.337 e. The summed E-state index contributed by atoms with van der Waals surface area (Å²) in [6.45, 7) is 1.27. The van der Waals surface area contributed by atoms with Crippen LogP contribution in [0, 0.1) is 0 Å². The summed E-state index contributed by atoms with van der Waals surface area (Å²) < 4.78 is 3.04. The summed E-state index contributed by atoms with van der Waals surface area (Å²) in [4.78, 5) is 15.2. The number of amides is 1. The van der Waals surface area contributed by atoms with E-state index in [0.717, 1.165) is 27.1 Å². The molecule has 0 fully saturated rings. The predicted molar refractivity (Wildman–Crippen MR) is 105 cm³/mol. The van der Waals surface area contributed by atoms with Crippen molar-refractivity contribution >= 4 is 27.3 Å². The Bertz CT molecular complexity index is 1000. The smallest absolute Gasteiger partial charge is 0.264 e. The van der Waals surface area contributed by atoms with Gasteiger partial charge in [0.15, 0.2) is 0 Å². The lowest BCUT2D eigenvalue weighted by atomic mass is 10.2. The van der Waals surface area contributed by atoms with Crippen LogP contribution in [-0.2, 0) is 13.1 Å². The molecule has 0 spiro atoms. The van der Waals surface area contributed by atoms with Gasteiger partial charge in [-0.1, -0.05) is 48.5 Å². The third kappa shape index (κ3) is 3.53. The van der Waals surface area contributed by atoms with Crippen molar-refractivity contribution in [2.24, 2.45) is 0 Å². The number of hydrogen-bond acceptors (Lipinski definition) is 3. The topological polar surface area (TPSA) is 38.1 Å². The van der Waals surface area contributed by atoms with Gasteiger partial charge in [-0.25, -0.2) is 0 Å². The summed E-state index contributed by atoms with van der Waals surface area (Å²) in [5.74, 6) is 0.0435. The average molecular weight is 361 g/mol. The third-order valence-corrected chi connectivity index (χ3v) is 5.38. The van der Waals surface area contributed by atoms with E-state index in [-0.39, 0.29) is 5.91 Å². The molecule has 5 heteroatoms. The van der Waals surface area contributed by atoms with E-state index in [4.69, 9.17) is 0 Å². The number of carbonyl (C=O) groups excluding carboxylic acids is 1. The first-order valence-corrected chi connectivity index (χ1v) is 9.30. The molecule has 130 valence electrons. The van der Waals surface area contributed by atoms with Crippen LogP contribution in [0.25, 0.3) is 10.1 Å². The minimum absolute atomic E-state index is 0.0435. The second-order valence-electron chi connectivity index (χ2n) is 6.34. The van der Waals surface area contributed by atoms with Gasteiger partial charge in [0.25, 0.3) is 5.91 Å². The van der Waals surface area contributed by atoms with Crippen LogP contribution in [0.2, 0.25) is 0 Å². The van der Waals surface area contributed by atoms with Crippen LogP contribution in [0.1, 0.15) is 20.8 Å². The lowest BCUT2D eigenvalue weighted by Crippen LogP contribution is -2.25. The van der Waals surface area contributed by atoms with Crippen LogP contribution in [0.15, 0.2) is 73.1 Å². The molecule has 4 aromatic rings. The molecule has 0 saturated carbocycles. The summed E-state index contributed by atoms with van der Waals surface area (Å²) in [7, 11) is 1.83. The number of thiophene rings is 1. The maximum Gasteiger partial charge on any atom is 0.264 e. The first-order chi connectivity index (χ1) is 12.7. The number of hydrogen-bond donors (Lipinski definition) is 0. The zero-order valence-electron chi connectivity index (χ0n) is 14.5. The molecule has 4 rings (SSSR count). The van der Waals surface area contributed by atoms with E-state index in [9.17, 15) is 4.79 Å². The summed E-state index contributed by atoms with van der Waals surface area (Å²) in [5, 5.41) is 5.53. The van der Waals surface area contributed by atoms with Crippen LogP contribution < -0.4 is 0 Å². The highest BCUT2D eigenvalue weighted by atomic mass is 32.1. The maximum absolute atomic E-state index is 12.7. The number of nitrogens with zero attached hydrogens (tertiary/aromatic N) is 3. The van der Waals surface area contributed by atoms with Crippen molar-refractivity contribution in [2.75, 3.05) is 7.05 Å². The SMILES string of the molecule is CN(Cc1cnn(Cc2ccccc2)c1)C(=O)c1cc2ccccc2s1. The zero-order valence-corrected chi connectivity index (χ0v) is 15.3. The summed E-state index contributed by atoms with van der Waals surface area (Å²) in [6.07, 6.45) is 3.83. The van der Waals surface area contributed by atoms with Crippen LogP contribution in [0.4, 0.5) is 0 Å². The molecule has 0 N–H and O–H groups in total. The van der Waals surface area contributed by atoms with E-state index in [1.165, 1.54) is 16.9 Å². The Kier molecular flexibility index (Phi) is 4.54. The molecule has 0 bridgehead atoms. The predicted octanol–water partition coefficient (Wildman–Crippen LogP) is 4.42. The highest BCUT2D eigenvalue weighted by molar-refractivity contribution is 7.20. The zero-order chi connectivity index (χ0) is 17.9. The fourth-order valence-electron chi connectivity index (χ4n) is 2.97. The van der Waals surface area contributed by atoms with Gasteiger partial charge in [0.1, 0.15) is 0 Å². The number of carbonyl (C=O) groups is 1. The highest BCUT2D eigenvalue weighted by Gasteiger charge is 2.15. The molecular formula is C21H19N3OS. The van der Waals surface area contributed by atoms with Crippen molar-refractivity contribution in [1.82, 2.24) is 14.7 Å². The Hall–Kier alpha value is -2.92. The summed E-state index contributed by atoms with van der Waals surface area (Å²) in [6, 6.07) is 20.3. The van der Waals surface area contributed by atoms with Crippen LogP contribution in [-0.4, -0.2) is 27.6 Å². The fourth-order valence-corrected chi connectivity index (χ4v) is 4.02. The van der Waals surface area contributed by atoms with Crippen LogP contribution in [0.5, 0.6) is 0 Å². The number of aromatic nitrogens is 2. The second kappa shape index (κ2) is 7.14. The molecule has 26 heavy (non-hydrogen) atoms. The molecule has 1 amide bonds. The lowest BCUT2D eigenvalue weighted by molar-refractivity contribution is 0.0790. The van der Waals surface area contributed by atoms with E-state index in [2.05, 4.69) is 17.2 Å². The molecule has 0 atom stereocenters. The van der Waals surface area contributed by atoms with E-state index >= 15 is 0 Å². The Morgan fingerprint density at radius 3 is 2.65 bits per heavy atom. The maximum atomic E-state index is 12.7. The van der Waals surface area contributed by atoms with Gasteiger partial charge in [-0.15, -0.1) is 11.3 Å². The van der Waals surface area contributed by atoms with Crippen molar-refractivity contribution in [1.29, 1.82) is 0 Å². The molecular weight excluding hydrogens is 342 g/mol. The Morgan fingerprint density at radius 1 is 1.08 bits per heavy atom. The standard InChI is InChI=1S/C21H19N3OS/c1-23(21(25)20-11-18-9-5-6-10-19(18)26-20)13-17-12-22-24(15-17)14-16-7-3-2-4-8-16/h2-12,15H,13-14H2,1H3. The van der Waals surface area contributed by atoms with Gasteiger partial charge in [0.05, 0.1) is 17.6 Å². The lowest BCUT2D eigenvalue weighted by Gasteiger charge is -2.14. The van der Waals surface area contributed by atoms with Crippen molar-refractivity contribution in [3.63, 3.8) is 0 Å². The van der Waals surface area contributed by atoms with Gasteiger partial charge in [0, 0.05) is 30.1 Å². The quantitative estimate of drug-likeness (QED) is 0.528. The minimum Gasteiger partial charge on any atom is -0.337 e. The van der Waals surface area contributed by atoms with Crippen molar-refractivity contribution < 1.29 is 4.79 Å². The Morgan fingerprint density at radius 2 is 1.85 bits per heavy atom. The normalized spacial score (nSPS) is 11.0. The van der Waals surface area contributed by atoms with Gasteiger partial charge in [-0.2, -0.15) is 5.10 Å². The van der Waals surface area contributed by atoms with Gasteiger partial charge < -0.3 is 4.90 Å². The highest BCUT2D eigenvalue weighted by Crippen LogP contribution is 2.26. The first kappa shape index (κ1) is 16.5. The molecule has 4 nitrogen and oxygen atoms in total. The Labute approximate surface area is 156 Å². The number of benzene rings is 2. The number of rotatable bonds is 5. The molecule has 0 aliphatic heterocycles. The first-order valence-electron chi connectivity index (χ1n) is 8.48. The van der Waals surface area contributed by atoms with Crippen LogP contribution in [0.3, 0.4) is 0 Å². The van der Waals surface area contributed by atoms with E-state index in [0.29, 0.717) is 6.54 Å². The molecule has 0 unspecified atom stereocenters. The molecule has 0 radical (unpaired) electrons. The Balaban J connectivity index is 1.44. The second-order valence-corrected chi connectivity index (χ2v) is 7.43. The van der Waals surface area contributed by atoms with E-state index < -0.39 is 0 Å². The van der Waals surface area contributed by atoms with Gasteiger partial charge in [-0.3, -0.25) is 9.48 Å². The molecule has 0 aliphatic rings. The van der Waals surface area contributed by atoms with Crippen molar-refractivity contribution in [3.8, 4) is 0 Å². The molecule has 2 heterocycles. The summed E-state index contributed by atoms with van der Waals surface area (Å²) >= 11 is 1.54. The van der Waals surface area contributed by atoms with Crippen LogP contribution >= 0.6 is 11.3 Å². The third-order valence-electron chi connectivity index (χ3n) is 4.28. The molecule has 0 aliphatic carbocycles. The van der Waals surface area contributed by atoms with E-state index in [1.54, 1.807) is 4.90 Å². The molecule has 2 aromatic heterocycles. The fraction of sp³-hybridized carbons (Fsp3) is 0.143. The molecule has 0 saturated heterocycles. The monoisotopic (exact) mass is 361 g/mol. The van der Waals surface area contributed by atoms with Gasteiger partial charge in [-0.05, 0) is 23.1 Å². The minimum atomic E-state index is 0.0435.